The summed E-state index contributed by atoms with van der Waals surface area (Å²) in [6, 6.07) is 3.11. The van der Waals surface area contributed by atoms with Crippen molar-refractivity contribution in [1.29, 1.82) is 0 Å². The van der Waals surface area contributed by atoms with Crippen LogP contribution in [0.4, 0.5) is 10.5 Å². The molecule has 1 amide bonds. The molecule has 0 bridgehead atoms. The highest BCUT2D eigenvalue weighted by atomic mass is 32.2. The van der Waals surface area contributed by atoms with E-state index >= 15 is 0 Å². The first kappa shape index (κ1) is 16.1. The molecule has 0 aromatic carbocycles. The Hall–Kier alpha value is -1.96. The number of ether oxygens (including phenoxy) is 1. The van der Waals surface area contributed by atoms with Crippen LogP contribution in [-0.4, -0.2) is 38.5 Å². The predicted molar refractivity (Wildman–Crippen MR) is 73.3 cm³/mol. The van der Waals surface area contributed by atoms with Crippen molar-refractivity contribution >= 4 is 28.7 Å². The number of carbonyl (C=O) groups is 1. The van der Waals surface area contributed by atoms with Crippen molar-refractivity contribution in [2.75, 3.05) is 7.05 Å². The van der Waals surface area contributed by atoms with Crippen LogP contribution in [0.3, 0.4) is 0 Å². The van der Waals surface area contributed by atoms with Crippen molar-refractivity contribution in [3.8, 4) is 0 Å². The molecule has 110 valence electrons. The zero-order valence-electron chi connectivity index (χ0n) is 12.0. The van der Waals surface area contributed by atoms with Gasteiger partial charge < -0.3 is 4.74 Å². The number of carbonyl (C=O) groups excluding carboxylic acids is 1. The van der Waals surface area contributed by atoms with Gasteiger partial charge >= 0.3 is 16.3 Å². The molecule has 1 N–H and O–H groups in total. The minimum Gasteiger partial charge on any atom is -0.443 e. The average Bonchev–Trinajstić information content (AvgIpc) is 2.25. The van der Waals surface area contributed by atoms with E-state index in [1.165, 1.54) is 12.4 Å². The van der Waals surface area contributed by atoms with Gasteiger partial charge in [-0.05, 0) is 20.8 Å². The minimum absolute atomic E-state index is 0.730. The standard InChI is InChI=1S/C12H18N3O4S/c1-12(2,3)19-11(16)13-20(17,18)15-8-6-10(7-9-15)14(4)5/h6-9H,4H2,1-3,5H3/q+1/p+1. The molecule has 20 heavy (non-hydrogen) atoms. The van der Waals surface area contributed by atoms with E-state index in [2.05, 4.69) is 6.72 Å². The van der Waals surface area contributed by atoms with Gasteiger partial charge in [0.15, 0.2) is 12.4 Å². The third-order valence-corrected chi connectivity index (χ3v) is 3.34. The summed E-state index contributed by atoms with van der Waals surface area (Å²) in [5.41, 5.74) is -0.0428. The summed E-state index contributed by atoms with van der Waals surface area (Å²) < 4.78 is 33.0. The van der Waals surface area contributed by atoms with Crippen molar-refractivity contribution in [3.63, 3.8) is 0 Å². The van der Waals surface area contributed by atoms with Gasteiger partial charge in [-0.3, -0.25) is 0 Å². The van der Waals surface area contributed by atoms with Gasteiger partial charge in [-0.1, -0.05) is 3.97 Å². The minimum atomic E-state index is -4.02. The molecule has 0 spiro atoms. The third-order valence-electron chi connectivity index (χ3n) is 2.11. The molecule has 1 aromatic rings. The average molecular weight is 301 g/mol. The predicted octanol–water partition coefficient (Wildman–Crippen LogP) is 0.566. The van der Waals surface area contributed by atoms with E-state index in [0.717, 1.165) is 9.66 Å². The summed E-state index contributed by atoms with van der Waals surface area (Å²) in [5, 5.41) is 0. The van der Waals surface area contributed by atoms with Gasteiger partial charge in [0.05, 0.1) is 12.1 Å². The SMILES string of the molecule is C=[N+](C)c1cc[n+](S(=O)(=O)NC(=O)OC(C)(C)C)cc1. The van der Waals surface area contributed by atoms with Gasteiger partial charge in [0, 0.05) is 0 Å². The van der Waals surface area contributed by atoms with Crippen molar-refractivity contribution in [2.45, 2.75) is 26.4 Å². The van der Waals surface area contributed by atoms with E-state index in [4.69, 9.17) is 4.74 Å². The van der Waals surface area contributed by atoms with E-state index in [-0.39, 0.29) is 0 Å². The van der Waals surface area contributed by atoms with Crippen molar-refractivity contribution in [1.82, 2.24) is 4.72 Å². The van der Waals surface area contributed by atoms with E-state index < -0.39 is 21.9 Å². The van der Waals surface area contributed by atoms with Gasteiger partial charge in [0.25, 0.3) is 0 Å². The van der Waals surface area contributed by atoms with Gasteiger partial charge in [-0.15, -0.1) is 8.42 Å². The Morgan fingerprint density at radius 2 is 1.85 bits per heavy atom. The Kier molecular flexibility index (Phi) is 4.49. The molecule has 0 atom stereocenters. The topological polar surface area (TPSA) is 79.4 Å². The third kappa shape index (κ3) is 4.61. The molecule has 0 unspecified atom stereocenters. The Morgan fingerprint density at radius 1 is 1.35 bits per heavy atom. The lowest BCUT2D eigenvalue weighted by Gasteiger charge is -2.18. The number of nitrogens with zero attached hydrogens (tertiary/aromatic N) is 2. The fraction of sp³-hybridized carbons (Fsp3) is 0.417. The maximum Gasteiger partial charge on any atom is 0.475 e. The van der Waals surface area contributed by atoms with Crippen molar-refractivity contribution < 1.29 is 26.5 Å². The first-order valence-electron chi connectivity index (χ1n) is 5.83. The first-order valence-corrected chi connectivity index (χ1v) is 7.27. The molecular formula is C12H19N3O4S+2. The van der Waals surface area contributed by atoms with Crippen LogP contribution in [-0.2, 0) is 14.9 Å². The lowest BCUT2D eigenvalue weighted by molar-refractivity contribution is -0.514. The van der Waals surface area contributed by atoms with Crippen LogP contribution in [0.5, 0.6) is 0 Å². The van der Waals surface area contributed by atoms with Gasteiger partial charge in [-0.25, -0.2) is 9.37 Å². The maximum absolute atomic E-state index is 11.9. The molecule has 7 nitrogen and oxygen atoms in total. The molecule has 8 heteroatoms. The van der Waals surface area contributed by atoms with Gasteiger partial charge in [-0.2, -0.15) is 4.72 Å². The highest BCUT2D eigenvalue weighted by molar-refractivity contribution is 7.83. The Balaban J connectivity index is 2.89. The quantitative estimate of drug-likeness (QED) is 0.654. The van der Waals surface area contributed by atoms with Crippen LogP contribution in [0.25, 0.3) is 0 Å². The molecule has 0 aliphatic carbocycles. The summed E-state index contributed by atoms with van der Waals surface area (Å²) in [6.07, 6.45) is 1.59. The van der Waals surface area contributed by atoms with Gasteiger partial charge in [0.1, 0.15) is 19.4 Å². The normalized spacial score (nSPS) is 11.8. The highest BCUT2D eigenvalue weighted by Gasteiger charge is 2.28. The second-order valence-corrected chi connectivity index (χ2v) is 6.77. The second-order valence-electron chi connectivity index (χ2n) is 5.19. The lowest BCUT2D eigenvalue weighted by atomic mass is 10.2. The molecule has 0 saturated heterocycles. The molecule has 0 aliphatic rings. The van der Waals surface area contributed by atoms with Crippen LogP contribution >= 0.6 is 0 Å². The number of pyridine rings is 1. The molecule has 0 aliphatic heterocycles. The fourth-order valence-corrected chi connectivity index (χ4v) is 2.08. The van der Waals surface area contributed by atoms with Crippen molar-refractivity contribution in [3.05, 3.63) is 24.5 Å². The van der Waals surface area contributed by atoms with Crippen LogP contribution < -0.4 is 8.69 Å². The summed E-state index contributed by atoms with van der Waals surface area (Å²) >= 11 is 0. The van der Waals surface area contributed by atoms with Crippen LogP contribution in [0.15, 0.2) is 24.5 Å². The molecule has 1 heterocycles. The Bertz CT molecular complexity index is 615. The Labute approximate surface area is 118 Å². The van der Waals surface area contributed by atoms with Crippen LogP contribution in [0, 0.1) is 0 Å². The maximum atomic E-state index is 11.9. The van der Waals surface area contributed by atoms with E-state index in [0.29, 0.717) is 0 Å². The van der Waals surface area contributed by atoms with Crippen LogP contribution in [0.2, 0.25) is 0 Å². The van der Waals surface area contributed by atoms with Gasteiger partial charge in [0.2, 0.25) is 5.69 Å². The van der Waals surface area contributed by atoms with Crippen LogP contribution in [0.1, 0.15) is 20.8 Å². The lowest BCUT2D eigenvalue weighted by Crippen LogP contribution is -2.52. The summed E-state index contributed by atoms with van der Waals surface area (Å²) in [5.74, 6) is 0. The summed E-state index contributed by atoms with van der Waals surface area (Å²) in [7, 11) is -2.29. The smallest absolute Gasteiger partial charge is 0.443 e. The zero-order valence-corrected chi connectivity index (χ0v) is 12.8. The number of hydrogen-bond acceptors (Lipinski definition) is 4. The molecule has 1 aromatic heterocycles. The molecule has 1 rings (SSSR count). The van der Waals surface area contributed by atoms with Crippen molar-refractivity contribution in [2.24, 2.45) is 0 Å². The zero-order chi connectivity index (χ0) is 15.6. The monoisotopic (exact) mass is 301 g/mol. The first-order chi connectivity index (χ1) is 9.01. The fourth-order valence-electron chi connectivity index (χ4n) is 1.28. The number of rotatable bonds is 3. The number of nitrogens with one attached hydrogen (secondary N) is 1. The second kappa shape index (κ2) is 5.58. The molecule has 0 saturated carbocycles. The summed E-state index contributed by atoms with van der Waals surface area (Å²) in [6.45, 7) is 8.61. The number of amides is 1. The largest absolute Gasteiger partial charge is 0.475 e. The Morgan fingerprint density at radius 3 is 2.25 bits per heavy atom. The molecule has 0 fully saturated rings. The van der Waals surface area contributed by atoms with E-state index in [9.17, 15) is 13.2 Å². The highest BCUT2D eigenvalue weighted by Crippen LogP contribution is 2.07. The molecule has 0 radical (unpaired) electrons. The number of hydrogen-bond donors (Lipinski definition) is 1. The van der Waals surface area contributed by atoms with E-state index in [1.807, 2.05) is 4.72 Å². The summed E-state index contributed by atoms with van der Waals surface area (Å²) in [4.78, 5) is 11.5. The number of aromatic nitrogens is 1. The van der Waals surface area contributed by atoms with E-state index in [1.54, 1.807) is 44.5 Å². The molecular weight excluding hydrogens is 282 g/mol.